The number of H-pyrrole nitrogens is 1. The highest BCUT2D eigenvalue weighted by atomic mass is 32.2. The summed E-state index contributed by atoms with van der Waals surface area (Å²) in [4.78, 5) is 3.89. The molecule has 0 bridgehead atoms. The molecule has 5 heteroatoms. The van der Waals surface area contributed by atoms with Crippen molar-refractivity contribution in [3.63, 3.8) is 0 Å². The standard InChI is InChI=1S/C20H22N2O2S/c1-15-7-2-5-11-20(15)25(23,24)22-12-6-9-17(14-22)19-13-16-8-3-4-10-18(16)21-19/h2-5,7-8,10-11,13,17,21H,6,9,12,14H2,1H3. The van der Waals surface area contributed by atoms with Crippen molar-refractivity contribution in [3.05, 3.63) is 65.9 Å². The summed E-state index contributed by atoms with van der Waals surface area (Å²) in [7, 11) is -3.44. The van der Waals surface area contributed by atoms with Gasteiger partial charge in [-0.25, -0.2) is 8.42 Å². The van der Waals surface area contributed by atoms with Gasteiger partial charge in [0.25, 0.3) is 0 Å². The van der Waals surface area contributed by atoms with Crippen LogP contribution >= 0.6 is 0 Å². The number of rotatable bonds is 3. The van der Waals surface area contributed by atoms with Crippen molar-refractivity contribution in [1.82, 2.24) is 9.29 Å². The molecule has 0 spiro atoms. The monoisotopic (exact) mass is 354 g/mol. The maximum atomic E-state index is 13.1. The van der Waals surface area contributed by atoms with Gasteiger partial charge in [0.1, 0.15) is 0 Å². The number of hydrogen-bond donors (Lipinski definition) is 1. The molecular weight excluding hydrogens is 332 g/mol. The van der Waals surface area contributed by atoms with Crippen LogP contribution < -0.4 is 0 Å². The molecule has 1 unspecified atom stereocenters. The zero-order valence-electron chi connectivity index (χ0n) is 14.3. The lowest BCUT2D eigenvalue weighted by molar-refractivity contribution is 0.313. The minimum Gasteiger partial charge on any atom is -0.358 e. The van der Waals surface area contributed by atoms with Crippen LogP contribution in [0.3, 0.4) is 0 Å². The van der Waals surface area contributed by atoms with Gasteiger partial charge in [0.05, 0.1) is 4.90 Å². The van der Waals surface area contributed by atoms with Crippen molar-refractivity contribution >= 4 is 20.9 Å². The van der Waals surface area contributed by atoms with Crippen molar-refractivity contribution in [2.75, 3.05) is 13.1 Å². The summed E-state index contributed by atoms with van der Waals surface area (Å²) in [5.74, 6) is 0.208. The number of nitrogens with one attached hydrogen (secondary N) is 1. The van der Waals surface area contributed by atoms with Crippen LogP contribution in [0.15, 0.2) is 59.5 Å². The molecule has 2 aromatic carbocycles. The summed E-state index contributed by atoms with van der Waals surface area (Å²) in [6, 6.07) is 17.6. The zero-order valence-corrected chi connectivity index (χ0v) is 15.1. The second-order valence-corrected chi connectivity index (χ2v) is 8.69. The second kappa shape index (κ2) is 6.32. The maximum Gasteiger partial charge on any atom is 0.243 e. The lowest BCUT2D eigenvalue weighted by Crippen LogP contribution is -2.39. The maximum absolute atomic E-state index is 13.1. The molecule has 130 valence electrons. The van der Waals surface area contributed by atoms with Crippen molar-refractivity contribution in [3.8, 4) is 0 Å². The van der Waals surface area contributed by atoms with Gasteiger partial charge in [0.15, 0.2) is 0 Å². The number of sulfonamides is 1. The SMILES string of the molecule is Cc1ccccc1S(=O)(=O)N1CCCC(c2cc3ccccc3[nH]2)C1. The lowest BCUT2D eigenvalue weighted by atomic mass is 9.96. The number of nitrogens with zero attached hydrogens (tertiary/aromatic N) is 1. The second-order valence-electron chi connectivity index (χ2n) is 6.78. The summed E-state index contributed by atoms with van der Waals surface area (Å²) >= 11 is 0. The Kier molecular flexibility index (Phi) is 4.13. The first-order valence-electron chi connectivity index (χ1n) is 8.69. The number of piperidine rings is 1. The van der Waals surface area contributed by atoms with E-state index in [1.165, 1.54) is 5.39 Å². The lowest BCUT2D eigenvalue weighted by Gasteiger charge is -2.32. The van der Waals surface area contributed by atoms with E-state index >= 15 is 0 Å². The molecule has 1 atom stereocenters. The predicted octanol–water partition coefficient (Wildman–Crippen LogP) is 4.04. The van der Waals surface area contributed by atoms with Crippen molar-refractivity contribution < 1.29 is 8.42 Å². The van der Waals surface area contributed by atoms with Crippen LogP contribution in [0.25, 0.3) is 10.9 Å². The third-order valence-electron chi connectivity index (χ3n) is 5.09. The van der Waals surface area contributed by atoms with Crippen LogP contribution in [-0.2, 0) is 10.0 Å². The summed E-state index contributed by atoms with van der Waals surface area (Å²) in [5, 5.41) is 1.18. The van der Waals surface area contributed by atoms with Crippen LogP contribution in [0.2, 0.25) is 0 Å². The Bertz CT molecular complexity index is 974. The molecule has 0 aliphatic carbocycles. The van der Waals surface area contributed by atoms with Crippen LogP contribution in [0.5, 0.6) is 0 Å². The topological polar surface area (TPSA) is 53.2 Å². The molecule has 1 N–H and O–H groups in total. The van der Waals surface area contributed by atoms with Crippen molar-refractivity contribution in [2.24, 2.45) is 0 Å². The first kappa shape index (κ1) is 16.4. The number of benzene rings is 2. The molecule has 2 heterocycles. The fraction of sp³-hybridized carbons (Fsp3) is 0.300. The first-order valence-corrected chi connectivity index (χ1v) is 10.1. The quantitative estimate of drug-likeness (QED) is 0.771. The van der Waals surface area contributed by atoms with Gasteiger partial charge in [-0.1, -0.05) is 36.4 Å². The average Bonchev–Trinajstić information content (AvgIpc) is 3.06. The minimum atomic E-state index is -3.44. The molecule has 0 radical (unpaired) electrons. The van der Waals surface area contributed by atoms with E-state index in [-0.39, 0.29) is 5.92 Å². The van der Waals surface area contributed by atoms with Gasteiger partial charge in [-0.2, -0.15) is 4.31 Å². The van der Waals surface area contributed by atoms with Gasteiger partial charge >= 0.3 is 0 Å². The Morgan fingerprint density at radius 1 is 1.08 bits per heavy atom. The highest BCUT2D eigenvalue weighted by molar-refractivity contribution is 7.89. The van der Waals surface area contributed by atoms with E-state index in [0.717, 1.165) is 29.6 Å². The van der Waals surface area contributed by atoms with Crippen LogP contribution in [-0.4, -0.2) is 30.8 Å². The van der Waals surface area contributed by atoms with Crippen molar-refractivity contribution in [2.45, 2.75) is 30.6 Å². The van der Waals surface area contributed by atoms with Gasteiger partial charge in [0, 0.05) is 30.2 Å². The van der Waals surface area contributed by atoms with E-state index in [1.807, 2.05) is 31.2 Å². The molecule has 1 aliphatic heterocycles. The molecule has 1 aromatic heterocycles. The molecule has 1 fully saturated rings. The number of aryl methyl sites for hydroxylation is 1. The molecule has 3 aromatic rings. The Morgan fingerprint density at radius 3 is 2.64 bits per heavy atom. The van der Waals surface area contributed by atoms with Gasteiger partial charge in [-0.05, 0) is 48.9 Å². The molecule has 4 nitrogen and oxygen atoms in total. The van der Waals surface area contributed by atoms with Crippen LogP contribution in [0, 0.1) is 6.92 Å². The molecule has 4 rings (SSSR count). The van der Waals surface area contributed by atoms with Crippen molar-refractivity contribution in [1.29, 1.82) is 0 Å². The van der Waals surface area contributed by atoms with Crippen LogP contribution in [0.1, 0.15) is 30.0 Å². The molecule has 25 heavy (non-hydrogen) atoms. The van der Waals surface area contributed by atoms with E-state index in [2.05, 4.69) is 23.2 Å². The fourth-order valence-corrected chi connectivity index (χ4v) is 5.46. The van der Waals surface area contributed by atoms with E-state index in [0.29, 0.717) is 18.0 Å². The molecular formula is C20H22N2O2S. The zero-order chi connectivity index (χ0) is 17.4. The molecule has 1 aliphatic rings. The summed E-state index contributed by atoms with van der Waals surface area (Å²) in [6.45, 7) is 2.98. The summed E-state index contributed by atoms with van der Waals surface area (Å²) in [5.41, 5.74) is 3.04. The van der Waals surface area contributed by atoms with Gasteiger partial charge < -0.3 is 4.98 Å². The third kappa shape index (κ3) is 2.98. The molecule has 0 amide bonds. The minimum absolute atomic E-state index is 0.208. The molecule has 1 saturated heterocycles. The Balaban J connectivity index is 1.63. The van der Waals surface area contributed by atoms with E-state index in [1.54, 1.807) is 16.4 Å². The fourth-order valence-electron chi connectivity index (χ4n) is 3.72. The average molecular weight is 354 g/mol. The Morgan fingerprint density at radius 2 is 1.84 bits per heavy atom. The van der Waals surface area contributed by atoms with Crippen LogP contribution in [0.4, 0.5) is 0 Å². The highest BCUT2D eigenvalue weighted by Gasteiger charge is 2.32. The number of fused-ring (bicyclic) bond motifs is 1. The highest BCUT2D eigenvalue weighted by Crippen LogP contribution is 2.32. The number of aromatic nitrogens is 1. The predicted molar refractivity (Wildman–Crippen MR) is 100 cm³/mol. The van der Waals surface area contributed by atoms with E-state index in [4.69, 9.17) is 0 Å². The number of hydrogen-bond acceptors (Lipinski definition) is 2. The summed E-state index contributed by atoms with van der Waals surface area (Å²) < 4.78 is 27.8. The first-order chi connectivity index (χ1) is 12.1. The number of aromatic amines is 1. The molecule has 0 saturated carbocycles. The van der Waals surface area contributed by atoms with E-state index < -0.39 is 10.0 Å². The Hall–Kier alpha value is -2.11. The third-order valence-corrected chi connectivity index (χ3v) is 7.11. The number of para-hydroxylation sites is 1. The summed E-state index contributed by atoms with van der Waals surface area (Å²) in [6.07, 6.45) is 1.89. The largest absolute Gasteiger partial charge is 0.358 e. The van der Waals surface area contributed by atoms with Gasteiger partial charge in [0.2, 0.25) is 10.0 Å². The normalized spacial score (nSPS) is 19.3. The van der Waals surface area contributed by atoms with Gasteiger partial charge in [-0.15, -0.1) is 0 Å². The van der Waals surface area contributed by atoms with E-state index in [9.17, 15) is 8.42 Å². The van der Waals surface area contributed by atoms with Gasteiger partial charge in [-0.3, -0.25) is 0 Å². The smallest absolute Gasteiger partial charge is 0.243 e. The Labute approximate surface area is 148 Å².